The van der Waals surface area contributed by atoms with Gasteiger partial charge in [0, 0.05) is 5.02 Å². The maximum Gasteiger partial charge on any atom is 0.113 e. The largest absolute Gasteiger partial charge is 0.364 e. The Hall–Kier alpha value is -1.26. The van der Waals surface area contributed by atoms with Crippen LogP contribution in [0.1, 0.15) is 66.0 Å². The normalized spacial score (nSPS) is 16.7. The maximum absolute atomic E-state index is 14.4. The molecule has 1 aromatic carbocycles. The van der Waals surface area contributed by atoms with E-state index in [2.05, 4.69) is 31.5 Å². The molecule has 0 fully saturated rings. The lowest BCUT2D eigenvalue weighted by Gasteiger charge is -2.30. The Kier molecular flexibility index (Phi) is 8.23. The highest BCUT2D eigenvalue weighted by atomic mass is 35.5. The lowest BCUT2D eigenvalue weighted by Crippen LogP contribution is -2.37. The molecule has 0 bridgehead atoms. The molecule has 0 aliphatic carbocycles. The third kappa shape index (κ3) is 6.52. The van der Waals surface area contributed by atoms with Crippen LogP contribution in [0.15, 0.2) is 35.7 Å². The Labute approximate surface area is 157 Å². The first-order valence-corrected chi connectivity index (χ1v) is 9.36. The fourth-order valence-corrected chi connectivity index (χ4v) is 2.73. The van der Waals surface area contributed by atoms with Gasteiger partial charge >= 0.3 is 0 Å². The van der Waals surface area contributed by atoms with Gasteiger partial charge in [0.1, 0.15) is 11.5 Å². The number of nitrogens with one attached hydrogen (secondary N) is 2. The number of hydrogen-bond acceptors (Lipinski definition) is 3. The number of allylic oxidation sites excluding steroid dienone is 1. The molecule has 0 aliphatic heterocycles. The minimum atomic E-state index is -1.25. The van der Waals surface area contributed by atoms with Crippen LogP contribution < -0.4 is 16.6 Å². The van der Waals surface area contributed by atoms with Gasteiger partial charge in [-0.25, -0.2) is 10.2 Å². The van der Waals surface area contributed by atoms with Gasteiger partial charge < -0.3 is 10.7 Å². The van der Waals surface area contributed by atoms with Crippen molar-refractivity contribution in [1.82, 2.24) is 10.7 Å². The average molecular weight is 370 g/mol. The minimum Gasteiger partial charge on any atom is -0.364 e. The van der Waals surface area contributed by atoms with Crippen molar-refractivity contribution in [2.24, 2.45) is 17.7 Å². The summed E-state index contributed by atoms with van der Waals surface area (Å²) in [6, 6.07) is 7.61. The molecule has 0 amide bonds. The molecule has 1 rings (SSSR count). The topological polar surface area (TPSA) is 50.1 Å². The molecule has 5 heteroatoms. The lowest BCUT2D eigenvalue weighted by molar-refractivity contribution is 0.121. The number of hydrogen-bond donors (Lipinski definition) is 3. The third-order valence-corrected chi connectivity index (χ3v) is 5.49. The van der Waals surface area contributed by atoms with Gasteiger partial charge in [0.2, 0.25) is 0 Å². The molecule has 3 nitrogen and oxygen atoms in total. The summed E-state index contributed by atoms with van der Waals surface area (Å²) < 4.78 is 14.4. The first-order chi connectivity index (χ1) is 11.6. The number of halogens is 2. The fraction of sp³-hybridized carbons (Fsp3) is 0.600. The van der Waals surface area contributed by atoms with Gasteiger partial charge in [-0.2, -0.15) is 0 Å². The van der Waals surface area contributed by atoms with E-state index in [0.717, 1.165) is 23.4 Å². The predicted molar refractivity (Wildman–Crippen MR) is 106 cm³/mol. The van der Waals surface area contributed by atoms with Crippen LogP contribution in [0.5, 0.6) is 0 Å². The predicted octanol–water partition coefficient (Wildman–Crippen LogP) is 5.49. The highest BCUT2D eigenvalue weighted by Gasteiger charge is 2.28. The third-order valence-electron chi connectivity index (χ3n) is 5.24. The first-order valence-electron chi connectivity index (χ1n) is 8.98. The molecule has 3 atom stereocenters. The Morgan fingerprint density at radius 3 is 2.24 bits per heavy atom. The van der Waals surface area contributed by atoms with E-state index in [-0.39, 0.29) is 12.0 Å². The molecule has 3 unspecified atom stereocenters. The van der Waals surface area contributed by atoms with Crippen LogP contribution in [-0.2, 0) is 0 Å². The van der Waals surface area contributed by atoms with E-state index in [1.807, 2.05) is 31.2 Å². The zero-order valence-corrected chi connectivity index (χ0v) is 17.0. The van der Waals surface area contributed by atoms with Gasteiger partial charge in [-0.15, -0.1) is 0 Å². The minimum absolute atomic E-state index is 0.0626. The van der Waals surface area contributed by atoms with Crippen molar-refractivity contribution in [3.8, 4) is 0 Å². The van der Waals surface area contributed by atoms with E-state index in [9.17, 15) is 4.39 Å². The molecule has 0 aliphatic rings. The molecule has 0 aromatic heterocycles. The second-order valence-corrected chi connectivity index (χ2v) is 7.90. The summed E-state index contributed by atoms with van der Waals surface area (Å²) in [5.74, 6) is 6.85. The standard InChI is InChI=1S/C20H33ClFN3/c1-7-13(2)15(4)19(25-23)24-18(12-14(3)20(5,6)22)16-8-10-17(21)11-9-16/h8-11,13-14,18,24-25H,7,12,23H2,1-6H3/b19-15-. The van der Waals surface area contributed by atoms with Gasteiger partial charge in [0.05, 0.1) is 6.04 Å². The summed E-state index contributed by atoms with van der Waals surface area (Å²) >= 11 is 6.02. The van der Waals surface area contributed by atoms with Gasteiger partial charge in [-0.3, -0.25) is 0 Å². The Balaban J connectivity index is 3.15. The number of alkyl halides is 1. The van der Waals surface area contributed by atoms with E-state index in [4.69, 9.17) is 17.4 Å². The van der Waals surface area contributed by atoms with Crippen LogP contribution in [0.25, 0.3) is 0 Å². The molecule has 25 heavy (non-hydrogen) atoms. The van der Waals surface area contributed by atoms with E-state index >= 15 is 0 Å². The Bertz CT molecular complexity index is 563. The van der Waals surface area contributed by atoms with E-state index < -0.39 is 5.67 Å². The smallest absolute Gasteiger partial charge is 0.113 e. The van der Waals surface area contributed by atoms with Crippen molar-refractivity contribution in [1.29, 1.82) is 0 Å². The van der Waals surface area contributed by atoms with E-state index in [1.54, 1.807) is 13.8 Å². The summed E-state index contributed by atoms with van der Waals surface area (Å²) in [5, 5.41) is 4.18. The molecule has 0 radical (unpaired) electrons. The first kappa shape index (κ1) is 21.8. The highest BCUT2D eigenvalue weighted by molar-refractivity contribution is 6.30. The average Bonchev–Trinajstić information content (AvgIpc) is 2.56. The Morgan fingerprint density at radius 1 is 1.24 bits per heavy atom. The molecule has 0 spiro atoms. The molecule has 0 saturated carbocycles. The monoisotopic (exact) mass is 369 g/mol. The second-order valence-electron chi connectivity index (χ2n) is 7.46. The molecule has 1 aromatic rings. The van der Waals surface area contributed by atoms with Crippen molar-refractivity contribution in [2.75, 3.05) is 0 Å². The fourth-order valence-electron chi connectivity index (χ4n) is 2.60. The molecular formula is C20H33ClFN3. The van der Waals surface area contributed by atoms with Crippen LogP contribution in [0.4, 0.5) is 4.39 Å². The van der Waals surface area contributed by atoms with Crippen molar-refractivity contribution in [2.45, 2.75) is 66.1 Å². The number of rotatable bonds is 9. The quantitative estimate of drug-likeness (QED) is 0.398. The molecule has 0 heterocycles. The van der Waals surface area contributed by atoms with Gasteiger partial charge in [0.25, 0.3) is 0 Å². The highest BCUT2D eigenvalue weighted by Crippen LogP contribution is 2.32. The van der Waals surface area contributed by atoms with Gasteiger partial charge in [0.15, 0.2) is 0 Å². The van der Waals surface area contributed by atoms with Crippen LogP contribution in [-0.4, -0.2) is 5.67 Å². The van der Waals surface area contributed by atoms with Crippen molar-refractivity contribution >= 4 is 11.6 Å². The molecule has 142 valence electrons. The van der Waals surface area contributed by atoms with E-state index in [1.165, 1.54) is 0 Å². The van der Waals surface area contributed by atoms with Crippen LogP contribution in [0.2, 0.25) is 5.02 Å². The van der Waals surface area contributed by atoms with Crippen LogP contribution in [0, 0.1) is 11.8 Å². The second kappa shape index (κ2) is 9.44. The molecule has 4 N–H and O–H groups in total. The maximum atomic E-state index is 14.4. The zero-order chi connectivity index (χ0) is 19.2. The summed E-state index contributed by atoms with van der Waals surface area (Å²) in [7, 11) is 0. The number of benzene rings is 1. The van der Waals surface area contributed by atoms with Crippen molar-refractivity contribution in [3.05, 3.63) is 46.2 Å². The number of hydrazine groups is 1. The summed E-state index contributed by atoms with van der Waals surface area (Å²) in [6.07, 6.45) is 1.67. The van der Waals surface area contributed by atoms with E-state index in [0.29, 0.717) is 17.4 Å². The lowest BCUT2D eigenvalue weighted by atomic mass is 9.86. The molecule has 0 saturated heterocycles. The number of nitrogens with two attached hydrogens (primary N) is 1. The summed E-state index contributed by atoms with van der Waals surface area (Å²) in [4.78, 5) is 0. The zero-order valence-electron chi connectivity index (χ0n) is 16.3. The van der Waals surface area contributed by atoms with Gasteiger partial charge in [-0.1, -0.05) is 44.5 Å². The molecular weight excluding hydrogens is 337 g/mol. The van der Waals surface area contributed by atoms with Crippen molar-refractivity contribution < 1.29 is 4.39 Å². The Morgan fingerprint density at radius 2 is 1.80 bits per heavy atom. The SMILES string of the molecule is CCC(C)/C(C)=C(\NN)NC(CC(C)C(C)(C)F)c1ccc(Cl)cc1. The van der Waals surface area contributed by atoms with Crippen LogP contribution in [0.3, 0.4) is 0 Å². The van der Waals surface area contributed by atoms with Gasteiger partial charge in [-0.05, 0) is 68.7 Å². The van der Waals surface area contributed by atoms with Crippen LogP contribution >= 0.6 is 11.6 Å². The summed E-state index contributed by atoms with van der Waals surface area (Å²) in [6.45, 7) is 11.6. The van der Waals surface area contributed by atoms with Crippen molar-refractivity contribution in [3.63, 3.8) is 0 Å². The summed E-state index contributed by atoms with van der Waals surface area (Å²) in [5.41, 5.74) is 3.76.